The van der Waals surface area contributed by atoms with E-state index in [4.69, 9.17) is 14.8 Å². The van der Waals surface area contributed by atoms with E-state index in [1.807, 2.05) is 10.9 Å². The zero-order valence-corrected chi connectivity index (χ0v) is 27.0. The summed E-state index contributed by atoms with van der Waals surface area (Å²) in [6.07, 6.45) is 11.0. The van der Waals surface area contributed by atoms with Gasteiger partial charge in [-0.15, -0.1) is 0 Å². The molecule has 0 aliphatic carbocycles. The number of nitrogens with one attached hydrogen (secondary N) is 4. The number of carbonyl (C=O) groups is 2. The molecule has 246 valence electrons. The van der Waals surface area contributed by atoms with E-state index in [0.717, 1.165) is 119 Å². The van der Waals surface area contributed by atoms with Crippen molar-refractivity contribution in [2.24, 2.45) is 0 Å². The first-order chi connectivity index (χ1) is 22.0. The number of pyridine rings is 1. The number of anilines is 2. The summed E-state index contributed by atoms with van der Waals surface area (Å²) in [6.45, 7) is 8.74. The van der Waals surface area contributed by atoms with Gasteiger partial charge in [-0.05, 0) is 82.8 Å². The van der Waals surface area contributed by atoms with Gasteiger partial charge >= 0.3 is 0 Å². The second-order valence-corrected chi connectivity index (χ2v) is 11.6. The third kappa shape index (κ3) is 10.2. The number of rotatable bonds is 19. The van der Waals surface area contributed by atoms with Gasteiger partial charge in [-0.2, -0.15) is 5.10 Å². The zero-order valence-electron chi connectivity index (χ0n) is 27.0. The van der Waals surface area contributed by atoms with E-state index in [2.05, 4.69) is 40.2 Å². The van der Waals surface area contributed by atoms with Gasteiger partial charge in [0, 0.05) is 67.9 Å². The second-order valence-electron chi connectivity index (χ2n) is 11.6. The molecule has 0 atom stereocenters. The fraction of sp³-hybridized carbons (Fsp3) is 0.588. The van der Waals surface area contributed by atoms with Gasteiger partial charge in [0.15, 0.2) is 5.65 Å². The maximum atomic E-state index is 13.2. The first-order valence-corrected chi connectivity index (χ1v) is 16.7. The quantitative estimate of drug-likeness (QED) is 0.120. The Balaban J connectivity index is 1.29. The number of aromatic nitrogens is 3. The van der Waals surface area contributed by atoms with Crippen molar-refractivity contribution in [2.75, 3.05) is 43.5 Å². The fourth-order valence-electron chi connectivity index (χ4n) is 5.69. The number of benzene rings is 1. The number of nitrogens with zero attached hydrogens (tertiary/aromatic N) is 3. The Kier molecular flexibility index (Phi) is 14.1. The maximum absolute atomic E-state index is 13.2. The predicted octanol–water partition coefficient (Wildman–Crippen LogP) is 4.79. The average Bonchev–Trinajstić information content (AvgIpc) is 3.48. The van der Waals surface area contributed by atoms with Crippen LogP contribution in [-0.2, 0) is 29.0 Å². The Hall–Kier alpha value is -3.54. The number of aliphatic hydroxyl groups excluding tert-OH is 1. The smallest absolute Gasteiger partial charge is 0.251 e. The SMILES string of the molecule is CCc1nc2c(cnn2CC)c(NC2CCOCC2)c1CNC(=O)c1ccc(NC(=O)CCCCCCCNCCCO)cc1. The molecule has 2 amide bonds. The molecule has 0 spiro atoms. The summed E-state index contributed by atoms with van der Waals surface area (Å²) in [5.74, 6) is -0.191. The lowest BCUT2D eigenvalue weighted by Crippen LogP contribution is -2.30. The van der Waals surface area contributed by atoms with Crippen LogP contribution in [0.3, 0.4) is 0 Å². The number of carbonyl (C=O) groups excluding carboxylic acids is 2. The molecular weight excluding hydrogens is 570 g/mol. The molecule has 0 bridgehead atoms. The summed E-state index contributed by atoms with van der Waals surface area (Å²) in [5.41, 5.74) is 4.99. The highest BCUT2D eigenvalue weighted by molar-refractivity contribution is 5.96. The van der Waals surface area contributed by atoms with Crippen LogP contribution in [0.1, 0.15) is 93.3 Å². The molecule has 0 unspecified atom stereocenters. The van der Waals surface area contributed by atoms with Crippen LogP contribution in [-0.4, -0.2) is 70.6 Å². The minimum Gasteiger partial charge on any atom is -0.396 e. The Labute approximate surface area is 266 Å². The molecular formula is C34H51N7O4. The molecule has 5 N–H and O–H groups in total. The van der Waals surface area contributed by atoms with Crippen LogP contribution in [0.2, 0.25) is 0 Å². The van der Waals surface area contributed by atoms with Crippen LogP contribution in [0.15, 0.2) is 30.5 Å². The van der Waals surface area contributed by atoms with Crippen molar-refractivity contribution in [3.63, 3.8) is 0 Å². The minimum atomic E-state index is -0.181. The predicted molar refractivity (Wildman–Crippen MR) is 179 cm³/mol. The Morgan fingerprint density at radius 1 is 1.00 bits per heavy atom. The molecule has 3 heterocycles. The molecule has 11 heteroatoms. The second kappa shape index (κ2) is 18.4. The van der Waals surface area contributed by atoms with Gasteiger partial charge in [0.2, 0.25) is 5.91 Å². The van der Waals surface area contributed by atoms with Crippen LogP contribution in [0.25, 0.3) is 11.0 Å². The molecule has 4 rings (SSSR count). The molecule has 45 heavy (non-hydrogen) atoms. The summed E-state index contributed by atoms with van der Waals surface area (Å²) in [7, 11) is 0. The average molecular weight is 622 g/mol. The van der Waals surface area contributed by atoms with Crippen molar-refractivity contribution in [3.05, 3.63) is 47.3 Å². The van der Waals surface area contributed by atoms with E-state index < -0.39 is 0 Å². The van der Waals surface area contributed by atoms with Crippen molar-refractivity contribution in [2.45, 2.75) is 97.2 Å². The highest BCUT2D eigenvalue weighted by atomic mass is 16.5. The van der Waals surface area contributed by atoms with Crippen molar-refractivity contribution < 1.29 is 19.4 Å². The standard InChI is InChI=1S/C34H51N7O4/c1-3-30-28(32(39-27-16-21-45-22-17-27)29-24-37-41(4-2)33(29)40-30)23-36-34(44)25-12-14-26(15-13-25)38-31(43)11-8-6-5-7-9-18-35-19-10-20-42/h12-15,24,27,35,42H,3-11,16-23H2,1-2H3,(H,36,44)(H,38,43)(H,39,40). The van der Waals surface area contributed by atoms with Crippen LogP contribution < -0.4 is 21.3 Å². The Bertz CT molecular complexity index is 1350. The molecule has 1 fully saturated rings. The summed E-state index contributed by atoms with van der Waals surface area (Å²) in [6, 6.07) is 7.33. The van der Waals surface area contributed by atoms with Gasteiger partial charge < -0.3 is 31.1 Å². The van der Waals surface area contributed by atoms with Gasteiger partial charge in [-0.1, -0.05) is 26.2 Å². The van der Waals surface area contributed by atoms with Crippen LogP contribution in [0, 0.1) is 0 Å². The highest BCUT2D eigenvalue weighted by Gasteiger charge is 2.22. The number of hydrogen-bond donors (Lipinski definition) is 5. The molecule has 1 aliphatic rings. The lowest BCUT2D eigenvalue weighted by molar-refractivity contribution is -0.116. The maximum Gasteiger partial charge on any atom is 0.251 e. The van der Waals surface area contributed by atoms with E-state index in [-0.39, 0.29) is 24.5 Å². The number of amides is 2. The number of aryl methyl sites for hydroxylation is 2. The number of unbranched alkanes of at least 4 members (excludes halogenated alkanes) is 4. The molecule has 2 aromatic heterocycles. The molecule has 0 saturated carbocycles. The monoisotopic (exact) mass is 621 g/mol. The molecule has 1 aromatic carbocycles. The Morgan fingerprint density at radius 3 is 2.47 bits per heavy atom. The third-order valence-electron chi connectivity index (χ3n) is 8.30. The minimum absolute atomic E-state index is 0.0104. The first kappa shape index (κ1) is 34.3. The van der Waals surface area contributed by atoms with E-state index in [1.54, 1.807) is 24.3 Å². The van der Waals surface area contributed by atoms with Crippen LogP contribution in [0.4, 0.5) is 11.4 Å². The van der Waals surface area contributed by atoms with E-state index >= 15 is 0 Å². The number of fused-ring (bicyclic) bond motifs is 1. The summed E-state index contributed by atoms with van der Waals surface area (Å²) < 4.78 is 7.48. The van der Waals surface area contributed by atoms with Crippen molar-refractivity contribution in [1.29, 1.82) is 0 Å². The lowest BCUT2D eigenvalue weighted by Gasteiger charge is -2.26. The van der Waals surface area contributed by atoms with Crippen molar-refractivity contribution in [1.82, 2.24) is 25.4 Å². The van der Waals surface area contributed by atoms with Gasteiger partial charge in [-0.3, -0.25) is 9.59 Å². The summed E-state index contributed by atoms with van der Waals surface area (Å²) in [5, 5.41) is 27.4. The first-order valence-electron chi connectivity index (χ1n) is 16.7. The van der Waals surface area contributed by atoms with Crippen LogP contribution in [0.5, 0.6) is 0 Å². The molecule has 1 saturated heterocycles. The van der Waals surface area contributed by atoms with Gasteiger partial charge in [0.25, 0.3) is 5.91 Å². The van der Waals surface area contributed by atoms with Gasteiger partial charge in [0.05, 0.1) is 17.3 Å². The van der Waals surface area contributed by atoms with E-state index in [0.29, 0.717) is 24.2 Å². The normalized spacial score (nSPS) is 13.7. The van der Waals surface area contributed by atoms with Gasteiger partial charge in [-0.25, -0.2) is 9.67 Å². The van der Waals surface area contributed by atoms with E-state index in [1.165, 1.54) is 0 Å². The fourth-order valence-corrected chi connectivity index (χ4v) is 5.69. The lowest BCUT2D eigenvalue weighted by atomic mass is 10.0. The summed E-state index contributed by atoms with van der Waals surface area (Å²) >= 11 is 0. The van der Waals surface area contributed by atoms with Crippen LogP contribution >= 0.6 is 0 Å². The molecule has 1 aliphatic heterocycles. The van der Waals surface area contributed by atoms with Crippen molar-refractivity contribution in [3.8, 4) is 0 Å². The molecule has 0 radical (unpaired) electrons. The number of ether oxygens (including phenoxy) is 1. The number of aliphatic hydroxyl groups is 1. The molecule has 11 nitrogen and oxygen atoms in total. The van der Waals surface area contributed by atoms with E-state index in [9.17, 15) is 9.59 Å². The largest absolute Gasteiger partial charge is 0.396 e. The topological polar surface area (TPSA) is 142 Å². The van der Waals surface area contributed by atoms with Gasteiger partial charge in [0.1, 0.15) is 0 Å². The zero-order chi connectivity index (χ0) is 31.9. The summed E-state index contributed by atoms with van der Waals surface area (Å²) in [4.78, 5) is 30.6. The van der Waals surface area contributed by atoms with Crippen molar-refractivity contribution >= 4 is 34.2 Å². The number of hydrogen-bond acceptors (Lipinski definition) is 8. The Morgan fingerprint density at radius 2 is 1.73 bits per heavy atom. The third-order valence-corrected chi connectivity index (χ3v) is 8.30. The molecule has 3 aromatic rings. The highest BCUT2D eigenvalue weighted by Crippen LogP contribution is 2.31.